The topological polar surface area (TPSA) is 24.5 Å². The monoisotopic (exact) mass is 294 g/mol. The van der Waals surface area contributed by atoms with Crippen LogP contribution in [0.25, 0.3) is 0 Å². The minimum absolute atomic E-state index is 0.114. The lowest BCUT2D eigenvalue weighted by Crippen LogP contribution is -2.26. The first-order valence-electron chi connectivity index (χ1n) is 7.83. The summed E-state index contributed by atoms with van der Waals surface area (Å²) in [6, 6.07) is 5.38. The van der Waals surface area contributed by atoms with E-state index in [1.165, 1.54) is 0 Å². The van der Waals surface area contributed by atoms with E-state index in [9.17, 15) is 4.39 Å². The molecule has 2 rings (SSSR count). The minimum Gasteiger partial charge on any atom is -0.384 e. The van der Waals surface area contributed by atoms with Gasteiger partial charge in [0.25, 0.3) is 0 Å². The molecule has 0 aliphatic carbocycles. The van der Waals surface area contributed by atoms with Crippen molar-refractivity contribution in [1.29, 1.82) is 0 Å². The van der Waals surface area contributed by atoms with Crippen LogP contribution in [-0.2, 0) is 11.3 Å². The molecule has 1 heterocycles. The standard InChI is InChI=1S/C17H27FN2O/c1-13(2)9-19-10-15-5-4-6-16(18)17(15)20-8-7-14(11-20)12-21-3/h4-6,13-14,19H,7-12H2,1-3H3. The smallest absolute Gasteiger partial charge is 0.146 e. The van der Waals surface area contributed by atoms with Gasteiger partial charge in [-0.25, -0.2) is 4.39 Å². The van der Waals surface area contributed by atoms with Gasteiger partial charge in [-0.2, -0.15) is 0 Å². The summed E-state index contributed by atoms with van der Waals surface area (Å²) in [5.41, 5.74) is 1.82. The van der Waals surface area contributed by atoms with Gasteiger partial charge in [-0.3, -0.25) is 0 Å². The number of hydrogen-bond donors (Lipinski definition) is 1. The molecule has 0 spiro atoms. The molecular formula is C17H27FN2O. The molecule has 1 aliphatic rings. The SMILES string of the molecule is COCC1CCN(c2c(F)cccc2CNCC(C)C)C1. The highest BCUT2D eigenvalue weighted by atomic mass is 19.1. The third kappa shape index (κ3) is 4.42. The second kappa shape index (κ2) is 7.76. The first-order valence-corrected chi connectivity index (χ1v) is 7.83. The Kier molecular flexibility index (Phi) is 6.00. The van der Waals surface area contributed by atoms with Gasteiger partial charge in [0.1, 0.15) is 5.82 Å². The van der Waals surface area contributed by atoms with E-state index in [1.807, 2.05) is 6.07 Å². The Bertz CT molecular complexity index is 450. The Morgan fingerprint density at radius 1 is 1.43 bits per heavy atom. The molecule has 0 aromatic heterocycles. The molecule has 4 heteroatoms. The fraction of sp³-hybridized carbons (Fsp3) is 0.647. The van der Waals surface area contributed by atoms with Crippen molar-refractivity contribution in [3.05, 3.63) is 29.6 Å². The van der Waals surface area contributed by atoms with Gasteiger partial charge in [0.2, 0.25) is 0 Å². The third-order valence-corrected chi connectivity index (χ3v) is 3.94. The van der Waals surface area contributed by atoms with Crippen LogP contribution in [0.1, 0.15) is 25.8 Å². The quantitative estimate of drug-likeness (QED) is 0.836. The summed E-state index contributed by atoms with van der Waals surface area (Å²) in [4.78, 5) is 2.17. The van der Waals surface area contributed by atoms with E-state index in [4.69, 9.17) is 4.74 Å². The van der Waals surface area contributed by atoms with Crippen molar-refractivity contribution in [2.75, 3.05) is 38.3 Å². The maximum Gasteiger partial charge on any atom is 0.146 e. The van der Waals surface area contributed by atoms with Crippen LogP contribution in [0.5, 0.6) is 0 Å². The lowest BCUT2D eigenvalue weighted by Gasteiger charge is -2.23. The van der Waals surface area contributed by atoms with Gasteiger partial charge in [0.15, 0.2) is 0 Å². The number of ether oxygens (including phenoxy) is 1. The predicted octanol–water partition coefficient (Wildman–Crippen LogP) is 3.04. The van der Waals surface area contributed by atoms with Gasteiger partial charge in [-0.1, -0.05) is 26.0 Å². The summed E-state index contributed by atoms with van der Waals surface area (Å²) in [6.07, 6.45) is 1.07. The van der Waals surface area contributed by atoms with Crippen molar-refractivity contribution in [2.24, 2.45) is 11.8 Å². The average molecular weight is 294 g/mol. The number of hydrogen-bond acceptors (Lipinski definition) is 3. The number of methoxy groups -OCH3 is 1. The maximum absolute atomic E-state index is 14.3. The van der Waals surface area contributed by atoms with Crippen molar-refractivity contribution in [1.82, 2.24) is 5.32 Å². The summed E-state index contributed by atoms with van der Waals surface area (Å²) < 4.78 is 19.5. The number of nitrogens with zero attached hydrogens (tertiary/aromatic N) is 1. The van der Waals surface area contributed by atoms with Crippen LogP contribution in [0.3, 0.4) is 0 Å². The summed E-state index contributed by atoms with van der Waals surface area (Å²) in [5.74, 6) is 0.989. The first-order chi connectivity index (χ1) is 10.1. The van der Waals surface area contributed by atoms with Gasteiger partial charge < -0.3 is 15.0 Å². The molecule has 0 bridgehead atoms. The van der Waals surface area contributed by atoms with Crippen molar-refractivity contribution < 1.29 is 9.13 Å². The number of benzene rings is 1. The molecule has 118 valence electrons. The predicted molar refractivity (Wildman–Crippen MR) is 85.1 cm³/mol. The molecule has 1 aliphatic heterocycles. The Balaban J connectivity index is 2.07. The zero-order valence-electron chi connectivity index (χ0n) is 13.4. The molecule has 1 saturated heterocycles. The average Bonchev–Trinajstić information content (AvgIpc) is 2.87. The van der Waals surface area contributed by atoms with Crippen LogP contribution in [-0.4, -0.2) is 33.4 Å². The number of para-hydroxylation sites is 1. The molecule has 0 amide bonds. The maximum atomic E-state index is 14.3. The van der Waals surface area contributed by atoms with E-state index >= 15 is 0 Å². The summed E-state index contributed by atoms with van der Waals surface area (Å²) in [7, 11) is 1.73. The molecule has 1 N–H and O–H groups in total. The van der Waals surface area contributed by atoms with E-state index in [-0.39, 0.29) is 5.82 Å². The van der Waals surface area contributed by atoms with E-state index in [0.29, 0.717) is 11.8 Å². The number of anilines is 1. The molecule has 21 heavy (non-hydrogen) atoms. The van der Waals surface area contributed by atoms with Crippen molar-refractivity contribution in [3.63, 3.8) is 0 Å². The lowest BCUT2D eigenvalue weighted by atomic mass is 10.1. The van der Waals surface area contributed by atoms with E-state index in [1.54, 1.807) is 19.2 Å². The number of nitrogens with one attached hydrogen (secondary N) is 1. The lowest BCUT2D eigenvalue weighted by molar-refractivity contribution is 0.161. The molecule has 1 atom stereocenters. The fourth-order valence-corrected chi connectivity index (χ4v) is 2.96. The fourth-order valence-electron chi connectivity index (χ4n) is 2.96. The normalized spacial score (nSPS) is 18.7. The van der Waals surface area contributed by atoms with E-state index in [2.05, 4.69) is 24.1 Å². The zero-order chi connectivity index (χ0) is 15.2. The van der Waals surface area contributed by atoms with Crippen molar-refractivity contribution in [3.8, 4) is 0 Å². The molecular weight excluding hydrogens is 267 g/mol. The van der Waals surface area contributed by atoms with Crippen LogP contribution in [0.15, 0.2) is 18.2 Å². The van der Waals surface area contributed by atoms with Crippen LogP contribution >= 0.6 is 0 Å². The Morgan fingerprint density at radius 3 is 2.95 bits per heavy atom. The number of rotatable bonds is 7. The summed E-state index contributed by atoms with van der Waals surface area (Å²) in [6.45, 7) is 8.56. The molecule has 1 aromatic carbocycles. The zero-order valence-corrected chi connectivity index (χ0v) is 13.4. The van der Waals surface area contributed by atoms with Gasteiger partial charge in [-0.15, -0.1) is 0 Å². The van der Waals surface area contributed by atoms with Crippen molar-refractivity contribution in [2.45, 2.75) is 26.8 Å². The number of halogens is 1. The van der Waals surface area contributed by atoms with E-state index < -0.39 is 0 Å². The first kappa shape index (κ1) is 16.2. The molecule has 1 aromatic rings. The van der Waals surface area contributed by atoms with Crippen LogP contribution in [0.4, 0.5) is 10.1 Å². The highest BCUT2D eigenvalue weighted by molar-refractivity contribution is 5.55. The summed E-state index contributed by atoms with van der Waals surface area (Å²) >= 11 is 0. The molecule has 0 radical (unpaired) electrons. The Morgan fingerprint density at radius 2 is 2.24 bits per heavy atom. The van der Waals surface area contributed by atoms with Crippen molar-refractivity contribution >= 4 is 5.69 Å². The van der Waals surface area contributed by atoms with Crippen LogP contribution < -0.4 is 10.2 Å². The summed E-state index contributed by atoms with van der Waals surface area (Å²) in [5, 5.41) is 3.41. The highest BCUT2D eigenvalue weighted by Gasteiger charge is 2.26. The minimum atomic E-state index is -0.114. The Hall–Kier alpha value is -1.13. The molecule has 3 nitrogen and oxygen atoms in total. The largest absolute Gasteiger partial charge is 0.384 e. The van der Waals surface area contributed by atoms with Gasteiger partial charge in [0.05, 0.1) is 12.3 Å². The van der Waals surface area contributed by atoms with Crippen LogP contribution in [0.2, 0.25) is 0 Å². The second-order valence-electron chi connectivity index (χ2n) is 6.33. The van der Waals surface area contributed by atoms with Gasteiger partial charge in [-0.05, 0) is 30.5 Å². The molecule has 1 unspecified atom stereocenters. The molecule has 0 saturated carbocycles. The van der Waals surface area contributed by atoms with E-state index in [0.717, 1.165) is 50.5 Å². The van der Waals surface area contributed by atoms with Gasteiger partial charge in [0, 0.05) is 32.7 Å². The van der Waals surface area contributed by atoms with Gasteiger partial charge >= 0.3 is 0 Å². The highest BCUT2D eigenvalue weighted by Crippen LogP contribution is 2.30. The molecule has 1 fully saturated rings. The third-order valence-electron chi connectivity index (χ3n) is 3.94. The van der Waals surface area contributed by atoms with Crippen LogP contribution in [0, 0.1) is 17.7 Å². The Labute approximate surface area is 127 Å². The second-order valence-corrected chi connectivity index (χ2v) is 6.33.